The molecule has 0 bridgehead atoms. The van der Waals surface area contributed by atoms with Crippen molar-refractivity contribution in [3.63, 3.8) is 0 Å². The van der Waals surface area contributed by atoms with Crippen molar-refractivity contribution in [3.8, 4) is 39.9 Å². The molecule has 3 heterocycles. The van der Waals surface area contributed by atoms with Gasteiger partial charge in [0.15, 0.2) is 11.6 Å². The average molecular weight is 523 g/mol. The SMILES string of the molecule is CCCOc1ccc(-c2ncc(Cn3cc4nc(-c5cccc(F)c5C)nc-4cn3)cn2)c(C(F)(F)F)c1. The highest BCUT2D eigenvalue weighted by molar-refractivity contribution is 5.67. The normalized spacial score (nSPS) is 11.7. The van der Waals surface area contributed by atoms with E-state index < -0.39 is 11.7 Å². The maximum Gasteiger partial charge on any atom is 0.417 e. The molecule has 1 aromatic heterocycles. The van der Waals surface area contributed by atoms with E-state index in [1.54, 1.807) is 36.1 Å². The third-order valence-electron chi connectivity index (χ3n) is 5.88. The van der Waals surface area contributed by atoms with Crippen molar-refractivity contribution >= 4 is 0 Å². The molecule has 0 unspecified atom stereocenters. The molecule has 2 aliphatic rings. The summed E-state index contributed by atoms with van der Waals surface area (Å²) < 4.78 is 62.1. The monoisotopic (exact) mass is 522 g/mol. The molecule has 2 aromatic carbocycles. The fourth-order valence-corrected chi connectivity index (χ4v) is 3.94. The molecule has 0 atom stereocenters. The number of fused-ring (bicyclic) bond motifs is 1. The number of benzene rings is 2. The van der Waals surface area contributed by atoms with Crippen molar-refractivity contribution in [1.82, 2.24) is 29.7 Å². The first kappa shape index (κ1) is 25.2. The van der Waals surface area contributed by atoms with Gasteiger partial charge in [-0.1, -0.05) is 19.1 Å². The van der Waals surface area contributed by atoms with Crippen LogP contribution >= 0.6 is 0 Å². The molecule has 3 aromatic rings. The van der Waals surface area contributed by atoms with Crippen LogP contribution in [-0.4, -0.2) is 36.3 Å². The van der Waals surface area contributed by atoms with E-state index in [-0.39, 0.29) is 29.5 Å². The van der Waals surface area contributed by atoms with Crippen molar-refractivity contribution in [2.24, 2.45) is 0 Å². The van der Waals surface area contributed by atoms with Crippen LogP contribution in [0.5, 0.6) is 5.75 Å². The zero-order valence-corrected chi connectivity index (χ0v) is 20.5. The standard InChI is InChI=1S/C27H22F4N6O/c1-3-9-38-18-7-8-20(21(10-18)27(29,30)31)25-32-11-17(12-33-25)14-37-15-24-23(13-34-37)35-26(36-24)19-5-4-6-22(28)16(19)2/h4-8,10-13,15H,3,9,14H2,1-2H3. The van der Waals surface area contributed by atoms with Gasteiger partial charge < -0.3 is 4.74 Å². The van der Waals surface area contributed by atoms with E-state index in [0.29, 0.717) is 46.9 Å². The molecule has 5 rings (SSSR count). The molecule has 0 saturated heterocycles. The molecular weight excluding hydrogens is 500 g/mol. The zero-order valence-electron chi connectivity index (χ0n) is 20.5. The highest BCUT2D eigenvalue weighted by Gasteiger charge is 2.35. The van der Waals surface area contributed by atoms with E-state index in [1.165, 1.54) is 30.6 Å². The minimum Gasteiger partial charge on any atom is -0.494 e. The minimum absolute atomic E-state index is 0.0477. The third-order valence-corrected chi connectivity index (χ3v) is 5.88. The number of hydrogen-bond donors (Lipinski definition) is 0. The maximum atomic E-state index is 14.0. The van der Waals surface area contributed by atoms with Gasteiger partial charge >= 0.3 is 6.18 Å². The molecule has 7 nitrogen and oxygen atoms in total. The van der Waals surface area contributed by atoms with Gasteiger partial charge in [0.1, 0.15) is 23.0 Å². The van der Waals surface area contributed by atoms with Crippen molar-refractivity contribution in [3.05, 3.63) is 83.7 Å². The Morgan fingerprint density at radius 1 is 0.921 bits per heavy atom. The lowest BCUT2D eigenvalue weighted by Gasteiger charge is -2.14. The lowest BCUT2D eigenvalue weighted by atomic mass is 10.1. The van der Waals surface area contributed by atoms with E-state index in [0.717, 1.165) is 6.07 Å². The number of nitrogens with zero attached hydrogens (tertiary/aromatic N) is 6. The van der Waals surface area contributed by atoms with Gasteiger partial charge in [0.2, 0.25) is 0 Å². The summed E-state index contributed by atoms with van der Waals surface area (Å²) in [5.41, 5.74) is 1.81. The van der Waals surface area contributed by atoms with E-state index in [1.807, 2.05) is 6.92 Å². The largest absolute Gasteiger partial charge is 0.494 e. The molecule has 194 valence electrons. The first-order valence-electron chi connectivity index (χ1n) is 11.8. The van der Waals surface area contributed by atoms with Gasteiger partial charge in [-0.15, -0.1) is 0 Å². The zero-order chi connectivity index (χ0) is 26.9. The molecule has 2 aliphatic heterocycles. The van der Waals surface area contributed by atoms with Crippen LogP contribution in [0, 0.1) is 12.7 Å². The molecule has 0 aliphatic carbocycles. The van der Waals surface area contributed by atoms with Gasteiger partial charge in [-0.25, -0.2) is 24.3 Å². The van der Waals surface area contributed by atoms with Crippen LogP contribution in [0.4, 0.5) is 17.6 Å². The van der Waals surface area contributed by atoms with Crippen LogP contribution in [0.3, 0.4) is 0 Å². The molecule has 0 amide bonds. The molecule has 0 saturated carbocycles. The predicted molar refractivity (Wildman–Crippen MR) is 132 cm³/mol. The maximum absolute atomic E-state index is 14.0. The van der Waals surface area contributed by atoms with E-state index in [9.17, 15) is 17.6 Å². The van der Waals surface area contributed by atoms with Crippen LogP contribution in [0.25, 0.3) is 34.2 Å². The molecular formula is C27H22F4N6O. The lowest BCUT2D eigenvalue weighted by Crippen LogP contribution is -2.10. The number of alkyl halides is 3. The fraction of sp³-hybridized carbons (Fsp3) is 0.222. The van der Waals surface area contributed by atoms with Gasteiger partial charge in [0.25, 0.3) is 0 Å². The summed E-state index contributed by atoms with van der Waals surface area (Å²) in [7, 11) is 0. The summed E-state index contributed by atoms with van der Waals surface area (Å²) in [6.07, 6.45) is 2.24. The van der Waals surface area contributed by atoms with E-state index in [2.05, 4.69) is 25.0 Å². The smallest absolute Gasteiger partial charge is 0.417 e. The average Bonchev–Trinajstić information content (AvgIpc) is 3.32. The van der Waals surface area contributed by atoms with Gasteiger partial charge in [-0.05, 0) is 43.2 Å². The first-order valence-corrected chi connectivity index (χ1v) is 11.8. The van der Waals surface area contributed by atoms with Crippen LogP contribution in [-0.2, 0) is 12.7 Å². The highest BCUT2D eigenvalue weighted by atomic mass is 19.4. The lowest BCUT2D eigenvalue weighted by molar-refractivity contribution is -0.137. The second-order valence-corrected chi connectivity index (χ2v) is 8.67. The van der Waals surface area contributed by atoms with Crippen LogP contribution in [0.15, 0.2) is 61.2 Å². The summed E-state index contributed by atoms with van der Waals surface area (Å²) >= 11 is 0. The summed E-state index contributed by atoms with van der Waals surface area (Å²) in [5.74, 6) is 0.157. The fourth-order valence-electron chi connectivity index (χ4n) is 3.94. The summed E-state index contributed by atoms with van der Waals surface area (Å²) in [5, 5.41) is 4.33. The van der Waals surface area contributed by atoms with E-state index >= 15 is 0 Å². The van der Waals surface area contributed by atoms with Gasteiger partial charge in [-0.3, -0.25) is 4.68 Å². The summed E-state index contributed by atoms with van der Waals surface area (Å²) in [6, 6.07) is 8.51. The van der Waals surface area contributed by atoms with Crippen LogP contribution < -0.4 is 4.74 Å². The Balaban J connectivity index is 1.38. The first-order chi connectivity index (χ1) is 18.2. The molecule has 0 spiro atoms. The predicted octanol–water partition coefficient (Wildman–Crippen LogP) is 6.21. The van der Waals surface area contributed by atoms with E-state index in [4.69, 9.17) is 4.74 Å². The molecule has 38 heavy (non-hydrogen) atoms. The number of hydrogen-bond acceptors (Lipinski definition) is 6. The Bertz CT molecular complexity index is 1550. The Morgan fingerprint density at radius 2 is 1.68 bits per heavy atom. The third kappa shape index (κ3) is 5.17. The van der Waals surface area contributed by atoms with Gasteiger partial charge in [-0.2, -0.15) is 18.3 Å². The Labute approximate surface area is 215 Å². The van der Waals surface area contributed by atoms with Crippen LogP contribution in [0.1, 0.15) is 30.0 Å². The Morgan fingerprint density at radius 3 is 2.42 bits per heavy atom. The highest BCUT2D eigenvalue weighted by Crippen LogP contribution is 2.38. The quantitative estimate of drug-likeness (QED) is 0.237. The number of ether oxygens (including phenoxy) is 1. The van der Waals surface area contributed by atoms with Gasteiger partial charge in [0.05, 0.1) is 31.1 Å². The summed E-state index contributed by atoms with van der Waals surface area (Å²) in [4.78, 5) is 17.3. The van der Waals surface area contributed by atoms with Crippen molar-refractivity contribution in [2.45, 2.75) is 33.0 Å². The Kier molecular flexibility index (Phi) is 6.75. The second-order valence-electron chi connectivity index (χ2n) is 8.67. The van der Waals surface area contributed by atoms with Gasteiger partial charge in [0, 0.05) is 29.1 Å². The Hall–Kier alpha value is -4.41. The van der Waals surface area contributed by atoms with Crippen molar-refractivity contribution in [2.75, 3.05) is 6.61 Å². The molecule has 0 fully saturated rings. The van der Waals surface area contributed by atoms with Crippen molar-refractivity contribution in [1.29, 1.82) is 0 Å². The minimum atomic E-state index is -4.60. The molecule has 0 radical (unpaired) electrons. The van der Waals surface area contributed by atoms with Crippen molar-refractivity contribution < 1.29 is 22.3 Å². The second kappa shape index (κ2) is 10.2. The number of imidazole rings is 1. The molecule has 11 heteroatoms. The molecule has 0 N–H and O–H groups in total. The number of aromatic nitrogens is 6. The number of rotatable bonds is 7. The topological polar surface area (TPSA) is 78.6 Å². The summed E-state index contributed by atoms with van der Waals surface area (Å²) in [6.45, 7) is 4.12. The number of halogens is 4. The van der Waals surface area contributed by atoms with Crippen LogP contribution in [0.2, 0.25) is 0 Å².